The van der Waals surface area contributed by atoms with Crippen molar-refractivity contribution in [1.29, 1.82) is 0 Å². The molecule has 4 heteroatoms. The normalized spacial score (nSPS) is 45.8. The van der Waals surface area contributed by atoms with Crippen LogP contribution in [0.4, 0.5) is 0 Å². The first-order chi connectivity index (χ1) is 8.18. The predicted molar refractivity (Wildman–Crippen MR) is 59.0 cm³/mol. The highest BCUT2D eigenvalue weighted by atomic mass is 16.5. The molecule has 2 aliphatic carbocycles. The first kappa shape index (κ1) is 11.2. The Morgan fingerprint density at radius 2 is 1.82 bits per heavy atom. The summed E-state index contributed by atoms with van der Waals surface area (Å²) in [5.74, 6) is 0.165. The van der Waals surface area contributed by atoms with Crippen molar-refractivity contribution in [2.75, 3.05) is 6.61 Å². The van der Waals surface area contributed by atoms with Crippen LogP contribution in [-0.4, -0.2) is 29.6 Å². The number of cyclic esters (lactones) is 1. The van der Waals surface area contributed by atoms with Gasteiger partial charge in [0.2, 0.25) is 0 Å². The minimum Gasteiger partial charge on any atom is -0.465 e. The van der Waals surface area contributed by atoms with E-state index in [0.717, 1.165) is 25.7 Å². The van der Waals surface area contributed by atoms with E-state index in [9.17, 15) is 14.7 Å². The third kappa shape index (κ3) is 1.69. The molecular weight excluding hydrogens is 220 g/mol. The van der Waals surface area contributed by atoms with Crippen LogP contribution in [0.1, 0.15) is 32.1 Å². The topological polar surface area (TPSA) is 63.6 Å². The van der Waals surface area contributed by atoms with E-state index >= 15 is 0 Å². The Morgan fingerprint density at radius 1 is 1.06 bits per heavy atom. The lowest BCUT2D eigenvalue weighted by Gasteiger charge is -2.46. The SMILES string of the molecule is O=C1OCCC2C1CCC1CCC(O)C(=O)C12. The first-order valence-electron chi connectivity index (χ1n) is 6.57. The Bertz CT molecular complexity index is 351. The molecule has 3 fully saturated rings. The van der Waals surface area contributed by atoms with Gasteiger partial charge in [-0.05, 0) is 43.9 Å². The predicted octanol–water partition coefficient (Wildman–Crippen LogP) is 0.916. The summed E-state index contributed by atoms with van der Waals surface area (Å²) in [5.41, 5.74) is 0. The number of esters is 1. The van der Waals surface area contributed by atoms with E-state index < -0.39 is 6.10 Å². The molecule has 1 aliphatic heterocycles. The minimum atomic E-state index is -0.798. The van der Waals surface area contributed by atoms with Gasteiger partial charge in [0.15, 0.2) is 5.78 Å². The number of carbonyl (C=O) groups excluding carboxylic acids is 2. The van der Waals surface area contributed by atoms with Crippen molar-refractivity contribution >= 4 is 11.8 Å². The molecule has 3 rings (SSSR count). The average molecular weight is 238 g/mol. The molecule has 0 aromatic carbocycles. The van der Waals surface area contributed by atoms with E-state index in [4.69, 9.17) is 4.74 Å². The van der Waals surface area contributed by atoms with Crippen LogP contribution < -0.4 is 0 Å². The molecule has 0 bridgehead atoms. The van der Waals surface area contributed by atoms with Crippen LogP contribution in [0.3, 0.4) is 0 Å². The number of fused-ring (bicyclic) bond motifs is 3. The summed E-state index contributed by atoms with van der Waals surface area (Å²) in [6.45, 7) is 0.437. The van der Waals surface area contributed by atoms with Gasteiger partial charge in [-0.3, -0.25) is 9.59 Å². The van der Waals surface area contributed by atoms with Gasteiger partial charge >= 0.3 is 5.97 Å². The molecule has 2 saturated carbocycles. The highest BCUT2D eigenvalue weighted by molar-refractivity contribution is 5.87. The molecule has 0 spiro atoms. The lowest BCUT2D eigenvalue weighted by molar-refractivity contribution is -0.167. The fourth-order valence-corrected chi connectivity index (χ4v) is 3.97. The van der Waals surface area contributed by atoms with Gasteiger partial charge < -0.3 is 9.84 Å². The summed E-state index contributed by atoms with van der Waals surface area (Å²) in [6, 6.07) is 0. The van der Waals surface area contributed by atoms with Gasteiger partial charge in [0.1, 0.15) is 6.10 Å². The first-order valence-corrected chi connectivity index (χ1v) is 6.57. The summed E-state index contributed by atoms with van der Waals surface area (Å²) >= 11 is 0. The summed E-state index contributed by atoms with van der Waals surface area (Å²) in [6.07, 6.45) is 3.30. The van der Waals surface area contributed by atoms with Gasteiger partial charge in [-0.2, -0.15) is 0 Å². The zero-order valence-electron chi connectivity index (χ0n) is 9.80. The van der Waals surface area contributed by atoms with Crippen LogP contribution in [0.2, 0.25) is 0 Å². The highest BCUT2D eigenvalue weighted by Crippen LogP contribution is 2.47. The van der Waals surface area contributed by atoms with Crippen molar-refractivity contribution in [3.8, 4) is 0 Å². The Labute approximate surface area is 100 Å². The molecule has 1 N–H and O–H groups in total. The van der Waals surface area contributed by atoms with Crippen LogP contribution in [0.15, 0.2) is 0 Å². The van der Waals surface area contributed by atoms with Crippen molar-refractivity contribution < 1.29 is 19.4 Å². The number of carbonyl (C=O) groups is 2. The lowest BCUT2D eigenvalue weighted by Crippen LogP contribution is -2.50. The number of hydrogen-bond acceptors (Lipinski definition) is 4. The van der Waals surface area contributed by atoms with E-state index in [0.29, 0.717) is 18.9 Å². The molecule has 3 aliphatic rings. The monoisotopic (exact) mass is 238 g/mol. The molecule has 0 amide bonds. The zero-order valence-corrected chi connectivity index (χ0v) is 9.80. The lowest BCUT2D eigenvalue weighted by atomic mass is 9.59. The van der Waals surface area contributed by atoms with Crippen molar-refractivity contribution in [2.24, 2.45) is 23.7 Å². The van der Waals surface area contributed by atoms with Crippen LogP contribution >= 0.6 is 0 Å². The largest absolute Gasteiger partial charge is 0.465 e. The molecule has 0 aromatic rings. The summed E-state index contributed by atoms with van der Waals surface area (Å²) < 4.78 is 5.08. The molecule has 0 aromatic heterocycles. The maximum atomic E-state index is 12.1. The van der Waals surface area contributed by atoms with Gasteiger partial charge in [0.25, 0.3) is 0 Å². The molecule has 0 radical (unpaired) electrons. The quantitative estimate of drug-likeness (QED) is 0.637. The number of aliphatic hydroxyl groups is 1. The van der Waals surface area contributed by atoms with Gasteiger partial charge in [0, 0.05) is 5.92 Å². The van der Waals surface area contributed by atoms with Crippen molar-refractivity contribution in [3.63, 3.8) is 0 Å². The number of aliphatic hydroxyl groups excluding tert-OH is 1. The van der Waals surface area contributed by atoms with Gasteiger partial charge in [-0.25, -0.2) is 0 Å². The third-order valence-corrected chi connectivity index (χ3v) is 4.80. The molecular formula is C13H18O4. The van der Waals surface area contributed by atoms with Crippen LogP contribution in [0.5, 0.6) is 0 Å². The number of rotatable bonds is 0. The van der Waals surface area contributed by atoms with Crippen LogP contribution in [0, 0.1) is 23.7 Å². The Hall–Kier alpha value is -0.900. The minimum absolute atomic E-state index is 0.0225. The molecule has 5 unspecified atom stereocenters. The fraction of sp³-hybridized carbons (Fsp3) is 0.846. The van der Waals surface area contributed by atoms with Gasteiger partial charge in [-0.15, -0.1) is 0 Å². The van der Waals surface area contributed by atoms with Crippen LogP contribution in [-0.2, 0) is 14.3 Å². The van der Waals surface area contributed by atoms with E-state index in [1.165, 1.54) is 0 Å². The number of Topliss-reactive ketones (excluding diaryl/α,β-unsaturated/α-hetero) is 1. The Balaban J connectivity index is 1.87. The smallest absolute Gasteiger partial charge is 0.309 e. The maximum Gasteiger partial charge on any atom is 0.309 e. The molecule has 4 nitrogen and oxygen atoms in total. The van der Waals surface area contributed by atoms with Gasteiger partial charge in [0.05, 0.1) is 12.5 Å². The number of ketones is 1. The molecule has 1 saturated heterocycles. The summed E-state index contributed by atoms with van der Waals surface area (Å²) in [5, 5.41) is 9.71. The second-order valence-corrected chi connectivity index (χ2v) is 5.59. The molecule has 1 heterocycles. The maximum absolute atomic E-state index is 12.1. The van der Waals surface area contributed by atoms with Gasteiger partial charge in [-0.1, -0.05) is 0 Å². The fourth-order valence-electron chi connectivity index (χ4n) is 3.97. The molecule has 17 heavy (non-hydrogen) atoms. The second kappa shape index (κ2) is 4.09. The Morgan fingerprint density at radius 3 is 2.65 bits per heavy atom. The van der Waals surface area contributed by atoms with Crippen molar-refractivity contribution in [3.05, 3.63) is 0 Å². The summed E-state index contributed by atoms with van der Waals surface area (Å²) in [4.78, 5) is 23.8. The standard InChI is InChI=1S/C13H18O4/c14-10-4-2-7-1-3-9-8(11(7)12(10)15)5-6-17-13(9)16/h7-11,14H,1-6H2. The second-order valence-electron chi connectivity index (χ2n) is 5.59. The average Bonchev–Trinajstić information content (AvgIpc) is 2.34. The van der Waals surface area contributed by atoms with E-state index in [2.05, 4.69) is 0 Å². The van der Waals surface area contributed by atoms with Crippen molar-refractivity contribution in [2.45, 2.75) is 38.2 Å². The van der Waals surface area contributed by atoms with E-state index in [-0.39, 0.29) is 29.5 Å². The highest BCUT2D eigenvalue weighted by Gasteiger charge is 2.50. The van der Waals surface area contributed by atoms with E-state index in [1.807, 2.05) is 0 Å². The summed E-state index contributed by atoms with van der Waals surface area (Å²) in [7, 11) is 0. The number of hydrogen-bond donors (Lipinski definition) is 1. The zero-order chi connectivity index (χ0) is 12.0. The third-order valence-electron chi connectivity index (χ3n) is 4.80. The Kier molecular flexibility index (Phi) is 2.69. The van der Waals surface area contributed by atoms with Crippen molar-refractivity contribution in [1.82, 2.24) is 0 Å². The molecule has 5 atom stereocenters. The van der Waals surface area contributed by atoms with E-state index in [1.54, 1.807) is 0 Å². The number of ether oxygens (including phenoxy) is 1. The molecule has 94 valence electrons. The van der Waals surface area contributed by atoms with Crippen LogP contribution in [0.25, 0.3) is 0 Å².